The van der Waals surface area contributed by atoms with Crippen molar-refractivity contribution >= 4 is 68.1 Å². The van der Waals surface area contributed by atoms with Crippen LogP contribution in [0.2, 0.25) is 0 Å². The summed E-state index contributed by atoms with van der Waals surface area (Å²) in [5.41, 5.74) is 14.2. The first-order valence-corrected chi connectivity index (χ1v) is 17.3. The first-order chi connectivity index (χ1) is 24.5. The molecule has 0 saturated carbocycles. The van der Waals surface area contributed by atoms with E-state index in [-0.39, 0.29) is 5.41 Å². The fraction of sp³-hybridized carbons (Fsp3) is 0.0638. The highest BCUT2D eigenvalue weighted by atomic mass is 15.2. The third kappa shape index (κ3) is 5.07. The molecule has 2 heterocycles. The Balaban J connectivity index is 1.09. The van der Waals surface area contributed by atoms with Crippen molar-refractivity contribution in [1.29, 1.82) is 0 Å². The molecular weight excluding hydrogens is 607 g/mol. The Kier molecular flexibility index (Phi) is 7.14. The average molecular weight is 644 g/mol. The van der Waals surface area contributed by atoms with Gasteiger partial charge in [-0.2, -0.15) is 0 Å². The van der Waals surface area contributed by atoms with Gasteiger partial charge in [0.25, 0.3) is 0 Å². The number of nitrogens with zero attached hydrogens (tertiary/aromatic N) is 2. The third-order valence-electron chi connectivity index (χ3n) is 10.1. The molecule has 1 aliphatic rings. The molecule has 0 fully saturated rings. The Hall–Kier alpha value is -6.32. The molecule has 3 heteroatoms. The van der Waals surface area contributed by atoms with Crippen molar-refractivity contribution in [1.82, 2.24) is 4.98 Å². The van der Waals surface area contributed by atoms with E-state index in [2.05, 4.69) is 211 Å². The zero-order valence-electron chi connectivity index (χ0n) is 28.2. The van der Waals surface area contributed by atoms with E-state index in [9.17, 15) is 0 Å². The zero-order valence-corrected chi connectivity index (χ0v) is 28.2. The van der Waals surface area contributed by atoms with Gasteiger partial charge in [-0.25, -0.2) is 0 Å². The number of benzene rings is 7. The molecule has 0 aliphatic carbocycles. The molecule has 0 amide bonds. The number of hydrogen-bond acceptors (Lipinski definition) is 2. The molecule has 0 atom stereocenters. The van der Waals surface area contributed by atoms with Gasteiger partial charge < -0.3 is 14.8 Å². The molecule has 0 bridgehead atoms. The first-order valence-electron chi connectivity index (χ1n) is 17.3. The summed E-state index contributed by atoms with van der Waals surface area (Å²) in [4.78, 5) is 8.36. The Morgan fingerprint density at radius 1 is 0.480 bits per heavy atom. The summed E-state index contributed by atoms with van der Waals surface area (Å²) in [5.74, 6) is 0. The second-order valence-electron chi connectivity index (χ2n) is 13.6. The largest absolute Gasteiger partial charge is 0.355 e. The number of fused-ring (bicyclic) bond motifs is 5. The maximum absolute atomic E-state index is 3.65. The molecule has 0 radical (unpaired) electrons. The van der Waals surface area contributed by atoms with Crippen molar-refractivity contribution in [3.8, 4) is 0 Å². The predicted molar refractivity (Wildman–Crippen MR) is 213 cm³/mol. The van der Waals surface area contributed by atoms with Crippen molar-refractivity contribution in [3.05, 3.63) is 192 Å². The number of rotatable bonds is 6. The Labute approximate surface area is 293 Å². The van der Waals surface area contributed by atoms with E-state index < -0.39 is 0 Å². The summed E-state index contributed by atoms with van der Waals surface area (Å²) < 4.78 is 0. The van der Waals surface area contributed by atoms with Crippen LogP contribution in [0.1, 0.15) is 36.1 Å². The Morgan fingerprint density at radius 2 is 1.02 bits per heavy atom. The van der Waals surface area contributed by atoms with Gasteiger partial charge in [-0.1, -0.05) is 111 Å². The lowest BCUT2D eigenvalue weighted by Gasteiger charge is -2.42. The number of anilines is 6. The molecular formula is C47H37N3. The summed E-state index contributed by atoms with van der Waals surface area (Å²) >= 11 is 0. The smallest absolute Gasteiger partial charge is 0.0503 e. The lowest BCUT2D eigenvalue weighted by Crippen LogP contribution is -2.30. The number of aromatic nitrogens is 1. The van der Waals surface area contributed by atoms with E-state index in [1.165, 1.54) is 50.1 Å². The highest BCUT2D eigenvalue weighted by Crippen LogP contribution is 2.52. The molecule has 0 saturated heterocycles. The van der Waals surface area contributed by atoms with Gasteiger partial charge in [-0.15, -0.1) is 0 Å². The molecule has 8 aromatic rings. The molecule has 0 unspecified atom stereocenters. The molecule has 0 spiro atoms. The number of hydrogen-bond donors (Lipinski definition) is 1. The fourth-order valence-electron chi connectivity index (χ4n) is 7.62. The van der Waals surface area contributed by atoms with E-state index in [4.69, 9.17) is 0 Å². The lowest BCUT2D eigenvalue weighted by atomic mass is 9.73. The SMILES string of the molecule is CC1(C)c2ccccc2N(c2ccccc2)c2ccc(/C=C/c3ccc4[nH]c5ccc(N(c6ccccc6)c6ccccc6)cc5c4c3)cc21. The van der Waals surface area contributed by atoms with Crippen LogP contribution in [-0.4, -0.2) is 4.98 Å². The van der Waals surface area contributed by atoms with Crippen molar-refractivity contribution in [2.45, 2.75) is 19.3 Å². The van der Waals surface area contributed by atoms with Gasteiger partial charge in [-0.3, -0.25) is 0 Å². The van der Waals surface area contributed by atoms with Crippen LogP contribution in [0.25, 0.3) is 34.0 Å². The summed E-state index contributed by atoms with van der Waals surface area (Å²) in [5, 5.41) is 2.42. The quantitative estimate of drug-likeness (QED) is 0.182. The van der Waals surface area contributed by atoms with E-state index in [0.717, 1.165) is 28.1 Å². The van der Waals surface area contributed by atoms with Crippen LogP contribution in [0.5, 0.6) is 0 Å². The predicted octanol–water partition coefficient (Wildman–Crippen LogP) is 13.1. The first kappa shape index (κ1) is 29.8. The van der Waals surface area contributed by atoms with E-state index in [0.29, 0.717) is 0 Å². The van der Waals surface area contributed by atoms with Crippen molar-refractivity contribution in [2.75, 3.05) is 9.80 Å². The minimum Gasteiger partial charge on any atom is -0.355 e. The molecule has 240 valence electrons. The van der Waals surface area contributed by atoms with Gasteiger partial charge in [0.05, 0.1) is 11.4 Å². The number of H-pyrrole nitrogens is 1. The Bertz CT molecular complexity index is 2470. The summed E-state index contributed by atoms with van der Waals surface area (Å²) in [6.07, 6.45) is 4.49. The van der Waals surface area contributed by atoms with Crippen LogP contribution in [0.15, 0.2) is 170 Å². The second-order valence-corrected chi connectivity index (χ2v) is 13.6. The molecule has 1 N–H and O–H groups in total. The van der Waals surface area contributed by atoms with Crippen LogP contribution in [0.4, 0.5) is 34.1 Å². The standard InChI is InChI=1S/C47H37N3/c1-47(2)41-20-12-13-21-45(41)50(37-18-10-5-11-19-37)46-29-25-34(31-42(46)47)23-22-33-24-27-43-39(30-33)40-32-38(26-28-44(40)48-43)49(35-14-6-3-7-15-35)36-16-8-4-9-17-36/h3-32,48H,1-2H3/b23-22+. The van der Waals surface area contributed by atoms with Gasteiger partial charge in [0.2, 0.25) is 0 Å². The fourth-order valence-corrected chi connectivity index (χ4v) is 7.62. The van der Waals surface area contributed by atoms with Crippen LogP contribution in [0, 0.1) is 0 Å². The van der Waals surface area contributed by atoms with Crippen LogP contribution >= 0.6 is 0 Å². The van der Waals surface area contributed by atoms with Gasteiger partial charge in [0, 0.05) is 50.0 Å². The number of nitrogens with one attached hydrogen (secondary N) is 1. The van der Waals surface area contributed by atoms with Crippen LogP contribution in [-0.2, 0) is 5.41 Å². The summed E-state index contributed by atoms with van der Waals surface area (Å²) in [6.45, 7) is 4.69. The second kappa shape index (κ2) is 12.0. The van der Waals surface area contributed by atoms with E-state index in [1.54, 1.807) is 0 Å². The Morgan fingerprint density at radius 3 is 1.72 bits per heavy atom. The van der Waals surface area contributed by atoms with Crippen LogP contribution < -0.4 is 9.80 Å². The normalized spacial score (nSPS) is 13.4. The summed E-state index contributed by atoms with van der Waals surface area (Å²) in [7, 11) is 0. The molecule has 1 aliphatic heterocycles. The minimum absolute atomic E-state index is 0.144. The van der Waals surface area contributed by atoms with Gasteiger partial charge in [0.1, 0.15) is 0 Å². The van der Waals surface area contributed by atoms with E-state index in [1.807, 2.05) is 0 Å². The van der Waals surface area contributed by atoms with Crippen molar-refractivity contribution < 1.29 is 0 Å². The average Bonchev–Trinajstić information content (AvgIpc) is 3.53. The van der Waals surface area contributed by atoms with Crippen LogP contribution in [0.3, 0.4) is 0 Å². The maximum Gasteiger partial charge on any atom is 0.0503 e. The summed E-state index contributed by atoms with van der Waals surface area (Å²) in [6, 6.07) is 61.0. The van der Waals surface area contributed by atoms with Gasteiger partial charge in [0.15, 0.2) is 0 Å². The molecule has 1 aromatic heterocycles. The molecule has 50 heavy (non-hydrogen) atoms. The maximum atomic E-state index is 3.65. The number of para-hydroxylation sites is 4. The minimum atomic E-state index is -0.144. The monoisotopic (exact) mass is 643 g/mol. The molecule has 9 rings (SSSR count). The lowest BCUT2D eigenvalue weighted by molar-refractivity contribution is 0.631. The van der Waals surface area contributed by atoms with Gasteiger partial charge in [-0.05, 0) is 107 Å². The third-order valence-corrected chi connectivity index (χ3v) is 10.1. The highest BCUT2D eigenvalue weighted by molar-refractivity contribution is 6.09. The zero-order chi connectivity index (χ0) is 33.7. The van der Waals surface area contributed by atoms with Crippen molar-refractivity contribution in [2.24, 2.45) is 0 Å². The topological polar surface area (TPSA) is 22.3 Å². The number of aromatic amines is 1. The molecule has 3 nitrogen and oxygen atoms in total. The molecule has 7 aromatic carbocycles. The van der Waals surface area contributed by atoms with Crippen molar-refractivity contribution in [3.63, 3.8) is 0 Å². The highest BCUT2D eigenvalue weighted by Gasteiger charge is 2.36. The van der Waals surface area contributed by atoms with E-state index >= 15 is 0 Å². The van der Waals surface area contributed by atoms with Gasteiger partial charge >= 0.3 is 0 Å².